The fourth-order valence-electron chi connectivity index (χ4n) is 1.18. The van der Waals surface area contributed by atoms with Crippen LogP contribution in [0, 0.1) is 0 Å². The second-order valence-corrected chi connectivity index (χ2v) is 5.30. The first kappa shape index (κ1) is 11.2. The molecule has 4 N–H and O–H groups in total. The zero-order valence-corrected chi connectivity index (χ0v) is 8.79. The van der Waals surface area contributed by atoms with E-state index in [4.69, 9.17) is 11.5 Å². The van der Waals surface area contributed by atoms with Crippen LogP contribution in [-0.2, 0) is 16.3 Å². The van der Waals surface area contributed by atoms with Crippen LogP contribution in [0.25, 0.3) is 0 Å². The highest BCUT2D eigenvalue weighted by Gasteiger charge is 2.07. The second-order valence-electron chi connectivity index (χ2n) is 3.29. The number of nitrogens with two attached hydrogens (primary N) is 2. The van der Waals surface area contributed by atoms with Gasteiger partial charge in [0.15, 0.2) is 9.84 Å². The van der Waals surface area contributed by atoms with Gasteiger partial charge in [-0.05, 0) is 17.7 Å². The topological polar surface area (TPSA) is 86.2 Å². The molecule has 0 aliphatic rings. The fraction of sp³-hybridized carbons (Fsp3) is 0.333. The molecule has 4 nitrogen and oxygen atoms in total. The SMILES string of the molecule is CS(=O)(=O)c1cccc(CC(N)N)c1. The molecule has 0 spiro atoms. The van der Waals surface area contributed by atoms with Crippen LogP contribution in [-0.4, -0.2) is 20.8 Å². The zero-order valence-electron chi connectivity index (χ0n) is 7.97. The lowest BCUT2D eigenvalue weighted by Crippen LogP contribution is -2.32. The van der Waals surface area contributed by atoms with E-state index in [1.54, 1.807) is 24.3 Å². The van der Waals surface area contributed by atoms with Crippen molar-refractivity contribution in [2.24, 2.45) is 11.5 Å². The minimum Gasteiger partial charge on any atom is -0.316 e. The Bertz CT molecular complexity index is 413. The largest absolute Gasteiger partial charge is 0.316 e. The monoisotopic (exact) mass is 214 g/mol. The first-order chi connectivity index (χ1) is 6.39. The predicted molar refractivity (Wildman–Crippen MR) is 55.4 cm³/mol. The van der Waals surface area contributed by atoms with Crippen LogP contribution in [0.15, 0.2) is 29.2 Å². The molecule has 0 radical (unpaired) electrons. The lowest BCUT2D eigenvalue weighted by Gasteiger charge is -2.06. The van der Waals surface area contributed by atoms with Crippen molar-refractivity contribution in [3.05, 3.63) is 29.8 Å². The van der Waals surface area contributed by atoms with Crippen molar-refractivity contribution in [1.29, 1.82) is 0 Å². The molecule has 14 heavy (non-hydrogen) atoms. The summed E-state index contributed by atoms with van der Waals surface area (Å²) in [4.78, 5) is 0.302. The fourth-order valence-corrected chi connectivity index (χ4v) is 1.87. The first-order valence-electron chi connectivity index (χ1n) is 4.20. The van der Waals surface area contributed by atoms with Crippen molar-refractivity contribution >= 4 is 9.84 Å². The third-order valence-corrected chi connectivity index (χ3v) is 2.91. The second kappa shape index (κ2) is 4.08. The Kier molecular flexibility index (Phi) is 3.25. The summed E-state index contributed by atoms with van der Waals surface area (Å²) < 4.78 is 22.4. The maximum absolute atomic E-state index is 11.2. The molecule has 0 saturated heterocycles. The predicted octanol–water partition coefficient (Wildman–Crippen LogP) is -0.124. The average Bonchev–Trinajstić information content (AvgIpc) is 2.01. The van der Waals surface area contributed by atoms with Crippen molar-refractivity contribution in [2.45, 2.75) is 17.5 Å². The van der Waals surface area contributed by atoms with E-state index in [1.807, 2.05) is 0 Å². The Morgan fingerprint density at radius 3 is 2.50 bits per heavy atom. The molecule has 78 valence electrons. The van der Waals surface area contributed by atoms with Gasteiger partial charge in [-0.15, -0.1) is 0 Å². The van der Waals surface area contributed by atoms with Crippen LogP contribution < -0.4 is 11.5 Å². The third-order valence-electron chi connectivity index (χ3n) is 1.80. The number of hydrogen-bond donors (Lipinski definition) is 2. The minimum atomic E-state index is -3.14. The maximum Gasteiger partial charge on any atom is 0.175 e. The molecule has 1 rings (SSSR count). The Labute approximate surface area is 83.8 Å². The van der Waals surface area contributed by atoms with E-state index >= 15 is 0 Å². The molecule has 1 aromatic rings. The van der Waals surface area contributed by atoms with Crippen LogP contribution in [0.5, 0.6) is 0 Å². The molecule has 0 unspecified atom stereocenters. The van der Waals surface area contributed by atoms with Crippen molar-refractivity contribution < 1.29 is 8.42 Å². The van der Waals surface area contributed by atoms with Gasteiger partial charge in [-0.3, -0.25) is 0 Å². The summed E-state index contributed by atoms with van der Waals surface area (Å²) in [6.07, 6.45) is 1.20. The molecule has 0 aliphatic carbocycles. The molecular weight excluding hydrogens is 200 g/mol. The van der Waals surface area contributed by atoms with Crippen molar-refractivity contribution in [2.75, 3.05) is 6.26 Å². The number of benzene rings is 1. The van der Waals surface area contributed by atoms with Crippen LogP contribution in [0.1, 0.15) is 5.56 Å². The number of hydrogen-bond acceptors (Lipinski definition) is 4. The summed E-state index contributed by atoms with van der Waals surface area (Å²) in [6.45, 7) is 0. The summed E-state index contributed by atoms with van der Waals surface area (Å²) in [5, 5.41) is 0. The minimum absolute atomic E-state index is 0.302. The van der Waals surface area contributed by atoms with Crippen LogP contribution in [0.2, 0.25) is 0 Å². The van der Waals surface area contributed by atoms with Crippen molar-refractivity contribution in [3.8, 4) is 0 Å². The van der Waals surface area contributed by atoms with Crippen LogP contribution in [0.3, 0.4) is 0 Å². The molecule has 0 saturated carbocycles. The standard InChI is InChI=1S/C9H14N2O2S/c1-14(12,13)8-4-2-3-7(5-8)6-9(10)11/h2-5,9H,6,10-11H2,1H3. The molecule has 1 aromatic carbocycles. The van der Waals surface area contributed by atoms with Gasteiger partial charge in [0.05, 0.1) is 11.1 Å². The van der Waals surface area contributed by atoms with E-state index in [-0.39, 0.29) is 0 Å². The maximum atomic E-state index is 11.2. The lowest BCUT2D eigenvalue weighted by atomic mass is 10.1. The quantitative estimate of drug-likeness (QED) is 0.687. The van der Waals surface area contributed by atoms with Gasteiger partial charge in [0.1, 0.15) is 0 Å². The summed E-state index contributed by atoms with van der Waals surface area (Å²) in [7, 11) is -3.14. The lowest BCUT2D eigenvalue weighted by molar-refractivity contribution is 0.601. The number of rotatable bonds is 3. The van der Waals surface area contributed by atoms with E-state index in [0.717, 1.165) is 5.56 Å². The summed E-state index contributed by atoms with van der Waals surface area (Å²) in [5.74, 6) is 0. The molecule has 0 amide bonds. The Hall–Kier alpha value is -0.910. The van der Waals surface area contributed by atoms with E-state index in [2.05, 4.69) is 0 Å². The van der Waals surface area contributed by atoms with Gasteiger partial charge in [-0.1, -0.05) is 12.1 Å². The smallest absolute Gasteiger partial charge is 0.175 e. The molecule has 0 aromatic heterocycles. The molecule has 0 fully saturated rings. The molecule has 0 bridgehead atoms. The normalized spacial score (nSPS) is 12.0. The third kappa shape index (κ3) is 3.10. The highest BCUT2D eigenvalue weighted by molar-refractivity contribution is 7.90. The van der Waals surface area contributed by atoms with Gasteiger partial charge in [0.2, 0.25) is 0 Å². The van der Waals surface area contributed by atoms with E-state index in [1.165, 1.54) is 6.26 Å². The molecule has 0 heterocycles. The summed E-state index contributed by atoms with van der Waals surface area (Å²) >= 11 is 0. The van der Waals surface area contributed by atoms with Crippen LogP contribution in [0.4, 0.5) is 0 Å². The highest BCUT2D eigenvalue weighted by Crippen LogP contribution is 2.11. The Morgan fingerprint density at radius 2 is 2.00 bits per heavy atom. The van der Waals surface area contributed by atoms with E-state index in [0.29, 0.717) is 11.3 Å². The van der Waals surface area contributed by atoms with E-state index in [9.17, 15) is 8.42 Å². The molecule has 5 heteroatoms. The first-order valence-corrected chi connectivity index (χ1v) is 6.09. The Morgan fingerprint density at radius 1 is 1.36 bits per heavy atom. The van der Waals surface area contributed by atoms with Crippen molar-refractivity contribution in [1.82, 2.24) is 0 Å². The summed E-state index contributed by atoms with van der Waals surface area (Å²) in [5.41, 5.74) is 11.7. The van der Waals surface area contributed by atoms with Gasteiger partial charge >= 0.3 is 0 Å². The molecule has 0 atom stereocenters. The van der Waals surface area contributed by atoms with Gasteiger partial charge in [0, 0.05) is 12.7 Å². The van der Waals surface area contributed by atoms with Gasteiger partial charge in [-0.25, -0.2) is 8.42 Å². The van der Waals surface area contributed by atoms with Gasteiger partial charge in [0.25, 0.3) is 0 Å². The van der Waals surface area contributed by atoms with Crippen molar-refractivity contribution in [3.63, 3.8) is 0 Å². The number of sulfone groups is 1. The zero-order chi connectivity index (χ0) is 10.8. The summed E-state index contributed by atoms with van der Waals surface area (Å²) in [6, 6.07) is 6.65. The van der Waals surface area contributed by atoms with Gasteiger partial charge < -0.3 is 11.5 Å². The Balaban J connectivity index is 3.02. The van der Waals surface area contributed by atoms with E-state index < -0.39 is 16.0 Å². The molecular formula is C9H14N2O2S. The molecule has 0 aliphatic heterocycles. The highest BCUT2D eigenvalue weighted by atomic mass is 32.2. The average molecular weight is 214 g/mol. The van der Waals surface area contributed by atoms with Gasteiger partial charge in [-0.2, -0.15) is 0 Å². The van der Waals surface area contributed by atoms with Crippen LogP contribution >= 0.6 is 0 Å².